The lowest BCUT2D eigenvalue weighted by molar-refractivity contribution is -0.389. The number of nitrogens with one attached hydrogen (secondary N) is 1. The summed E-state index contributed by atoms with van der Waals surface area (Å²) in [6.45, 7) is 3.30. The van der Waals surface area contributed by atoms with Gasteiger partial charge in [-0.05, 0) is 36.5 Å². The molecule has 0 radical (unpaired) electrons. The number of aryl methyl sites for hydroxylation is 1. The van der Waals surface area contributed by atoms with Crippen molar-refractivity contribution < 1.29 is 19.4 Å². The molecule has 1 N–H and O–H groups in total. The number of nitro benzene ring substituents is 1. The highest BCUT2D eigenvalue weighted by Gasteiger charge is 2.27. The van der Waals surface area contributed by atoms with E-state index in [9.17, 15) is 25.0 Å². The lowest BCUT2D eigenvalue weighted by atomic mass is 10.2. The standard InChI is InChI=1S/C20H17Cl2N5O6/c1-3-17(25-11(2)6-19(24-25)27(31)32)20(28)23-13-8-14(26(29)30)10-15(9-13)33-18-5-4-12(21)7-16(18)22/h4-10,17H,3H2,1-2H3,(H,23,28). The van der Waals surface area contributed by atoms with E-state index in [-0.39, 0.29) is 40.1 Å². The van der Waals surface area contributed by atoms with Crippen molar-refractivity contribution in [3.63, 3.8) is 0 Å². The molecule has 0 fully saturated rings. The molecule has 1 unspecified atom stereocenters. The first-order valence-electron chi connectivity index (χ1n) is 9.52. The normalized spacial score (nSPS) is 11.6. The van der Waals surface area contributed by atoms with Crippen molar-refractivity contribution in [3.05, 3.63) is 78.4 Å². The molecule has 0 saturated heterocycles. The number of carbonyl (C=O) groups is 1. The van der Waals surface area contributed by atoms with Gasteiger partial charge in [0.05, 0.1) is 38.6 Å². The maximum atomic E-state index is 12.9. The molecule has 0 saturated carbocycles. The zero-order chi connectivity index (χ0) is 24.3. The van der Waals surface area contributed by atoms with Gasteiger partial charge in [0.15, 0.2) is 6.04 Å². The number of halogens is 2. The van der Waals surface area contributed by atoms with Crippen molar-refractivity contribution in [2.24, 2.45) is 0 Å². The van der Waals surface area contributed by atoms with E-state index in [1.54, 1.807) is 19.9 Å². The minimum absolute atomic E-state index is 0.0580. The summed E-state index contributed by atoms with van der Waals surface area (Å²) in [6, 6.07) is 8.61. The van der Waals surface area contributed by atoms with E-state index in [0.717, 1.165) is 0 Å². The van der Waals surface area contributed by atoms with Crippen LogP contribution in [0.2, 0.25) is 10.0 Å². The van der Waals surface area contributed by atoms with Crippen molar-refractivity contribution in [1.82, 2.24) is 9.78 Å². The molecule has 33 heavy (non-hydrogen) atoms. The molecule has 1 aromatic heterocycles. The fraction of sp³-hybridized carbons (Fsp3) is 0.200. The second kappa shape index (κ2) is 9.84. The molecular weight excluding hydrogens is 477 g/mol. The summed E-state index contributed by atoms with van der Waals surface area (Å²) < 4.78 is 6.90. The quantitative estimate of drug-likeness (QED) is 0.313. The molecule has 0 bridgehead atoms. The average molecular weight is 494 g/mol. The number of rotatable bonds is 8. The van der Waals surface area contributed by atoms with Crippen molar-refractivity contribution in [2.45, 2.75) is 26.3 Å². The molecule has 0 aliphatic heterocycles. The first-order valence-corrected chi connectivity index (χ1v) is 10.3. The molecule has 1 atom stereocenters. The predicted octanol–water partition coefficient (Wildman–Crippen LogP) is 5.70. The zero-order valence-electron chi connectivity index (χ0n) is 17.3. The van der Waals surface area contributed by atoms with Crippen LogP contribution >= 0.6 is 23.2 Å². The Bertz CT molecular complexity index is 1250. The smallest absolute Gasteiger partial charge is 0.390 e. The van der Waals surface area contributed by atoms with Crippen LogP contribution < -0.4 is 10.1 Å². The SMILES string of the molecule is CCC(C(=O)Nc1cc(Oc2ccc(Cl)cc2Cl)cc([N+](=O)[O-])c1)n1nc([N+](=O)[O-])cc1C. The topological polar surface area (TPSA) is 142 Å². The minimum atomic E-state index is -0.881. The van der Waals surface area contributed by atoms with E-state index >= 15 is 0 Å². The summed E-state index contributed by atoms with van der Waals surface area (Å²) in [5, 5.41) is 29.5. The number of nitrogens with zero attached hydrogens (tertiary/aromatic N) is 4. The van der Waals surface area contributed by atoms with Gasteiger partial charge in [0.2, 0.25) is 0 Å². The maximum absolute atomic E-state index is 12.9. The maximum Gasteiger partial charge on any atom is 0.390 e. The molecule has 3 rings (SSSR count). The summed E-state index contributed by atoms with van der Waals surface area (Å²) in [6.07, 6.45) is 0.268. The van der Waals surface area contributed by atoms with E-state index in [4.69, 9.17) is 27.9 Å². The van der Waals surface area contributed by atoms with Crippen LogP contribution in [0.25, 0.3) is 0 Å². The molecular formula is C20H17Cl2N5O6. The van der Waals surface area contributed by atoms with Crippen molar-refractivity contribution in [1.29, 1.82) is 0 Å². The molecule has 172 valence electrons. The molecule has 1 amide bonds. The van der Waals surface area contributed by atoms with Crippen LogP contribution in [0.3, 0.4) is 0 Å². The number of hydrogen-bond donors (Lipinski definition) is 1. The van der Waals surface area contributed by atoms with Gasteiger partial charge in [-0.15, -0.1) is 0 Å². The Morgan fingerprint density at radius 3 is 2.45 bits per heavy atom. The Balaban J connectivity index is 1.90. The molecule has 3 aromatic rings. The molecule has 11 nitrogen and oxygen atoms in total. The fourth-order valence-electron chi connectivity index (χ4n) is 3.08. The lowest BCUT2D eigenvalue weighted by Crippen LogP contribution is -2.27. The number of amides is 1. The van der Waals surface area contributed by atoms with Crippen molar-refractivity contribution >= 4 is 46.3 Å². The summed E-state index contributed by atoms with van der Waals surface area (Å²) in [4.78, 5) is 34.0. The van der Waals surface area contributed by atoms with Gasteiger partial charge in [-0.2, -0.15) is 4.68 Å². The van der Waals surface area contributed by atoms with Gasteiger partial charge in [0.1, 0.15) is 11.5 Å². The monoisotopic (exact) mass is 493 g/mol. The third-order valence-electron chi connectivity index (χ3n) is 4.57. The van der Waals surface area contributed by atoms with Gasteiger partial charge in [-0.25, -0.2) is 0 Å². The molecule has 2 aromatic carbocycles. The van der Waals surface area contributed by atoms with Gasteiger partial charge in [-0.3, -0.25) is 14.9 Å². The molecule has 0 aliphatic carbocycles. The highest BCUT2D eigenvalue weighted by Crippen LogP contribution is 2.35. The Labute approximate surface area is 197 Å². The Morgan fingerprint density at radius 2 is 1.88 bits per heavy atom. The summed E-state index contributed by atoms with van der Waals surface area (Å²) in [7, 11) is 0. The van der Waals surface area contributed by atoms with Crippen LogP contribution in [0, 0.1) is 27.2 Å². The summed E-state index contributed by atoms with van der Waals surface area (Å²) in [5.74, 6) is -0.674. The van der Waals surface area contributed by atoms with Gasteiger partial charge < -0.3 is 20.2 Å². The van der Waals surface area contributed by atoms with Crippen LogP contribution in [-0.4, -0.2) is 25.5 Å². The van der Waals surface area contributed by atoms with Gasteiger partial charge in [0.25, 0.3) is 11.6 Å². The van der Waals surface area contributed by atoms with E-state index in [2.05, 4.69) is 10.4 Å². The third kappa shape index (κ3) is 5.57. The van der Waals surface area contributed by atoms with Crippen LogP contribution in [0.1, 0.15) is 25.1 Å². The van der Waals surface area contributed by atoms with Crippen LogP contribution in [0.4, 0.5) is 17.2 Å². The number of anilines is 1. The largest absolute Gasteiger partial charge is 0.455 e. The highest BCUT2D eigenvalue weighted by molar-refractivity contribution is 6.35. The van der Waals surface area contributed by atoms with Gasteiger partial charge in [-0.1, -0.05) is 30.1 Å². The van der Waals surface area contributed by atoms with Crippen molar-refractivity contribution in [2.75, 3.05) is 5.32 Å². The fourth-order valence-corrected chi connectivity index (χ4v) is 3.52. The molecule has 0 spiro atoms. The number of carbonyl (C=O) groups excluding carboxylic acids is 1. The number of non-ortho nitro benzene ring substituents is 1. The molecule has 13 heteroatoms. The minimum Gasteiger partial charge on any atom is -0.455 e. The van der Waals surface area contributed by atoms with Crippen LogP contribution in [0.5, 0.6) is 11.5 Å². The second-order valence-corrected chi connectivity index (χ2v) is 7.75. The second-order valence-electron chi connectivity index (χ2n) is 6.91. The number of aromatic nitrogens is 2. The Morgan fingerprint density at radius 1 is 1.15 bits per heavy atom. The molecule has 1 heterocycles. The van der Waals surface area contributed by atoms with Gasteiger partial charge in [0, 0.05) is 17.2 Å². The van der Waals surface area contributed by atoms with E-state index in [1.165, 1.54) is 41.1 Å². The first-order chi connectivity index (χ1) is 15.6. The predicted molar refractivity (Wildman–Crippen MR) is 121 cm³/mol. The summed E-state index contributed by atoms with van der Waals surface area (Å²) in [5.41, 5.74) is 0.183. The third-order valence-corrected chi connectivity index (χ3v) is 5.10. The average Bonchev–Trinajstić information content (AvgIpc) is 3.12. The van der Waals surface area contributed by atoms with E-state index < -0.39 is 21.8 Å². The van der Waals surface area contributed by atoms with Crippen LogP contribution in [-0.2, 0) is 4.79 Å². The Kier molecular flexibility index (Phi) is 7.14. The number of hydrogen-bond acceptors (Lipinski definition) is 7. The summed E-state index contributed by atoms with van der Waals surface area (Å²) >= 11 is 12.0. The van der Waals surface area contributed by atoms with Crippen molar-refractivity contribution in [3.8, 4) is 11.5 Å². The van der Waals surface area contributed by atoms with Gasteiger partial charge >= 0.3 is 5.82 Å². The van der Waals surface area contributed by atoms with E-state index in [1.807, 2.05) is 0 Å². The number of nitro groups is 2. The number of benzene rings is 2. The zero-order valence-corrected chi connectivity index (χ0v) is 18.8. The first kappa shape index (κ1) is 24.0. The van der Waals surface area contributed by atoms with E-state index in [0.29, 0.717) is 10.7 Å². The Hall–Kier alpha value is -3.70. The van der Waals surface area contributed by atoms with Crippen LogP contribution in [0.15, 0.2) is 42.5 Å². The number of ether oxygens (including phenoxy) is 1. The highest BCUT2D eigenvalue weighted by atomic mass is 35.5. The molecule has 0 aliphatic rings. The lowest BCUT2D eigenvalue weighted by Gasteiger charge is -2.15.